The Morgan fingerprint density at radius 1 is 1.07 bits per heavy atom. The number of anilines is 1. The molecule has 0 saturated carbocycles. The largest absolute Gasteiger partial charge is 0.487 e. The van der Waals surface area contributed by atoms with Gasteiger partial charge in [-0.3, -0.25) is 0 Å². The fourth-order valence-corrected chi connectivity index (χ4v) is 4.26. The maximum absolute atomic E-state index is 6.02. The summed E-state index contributed by atoms with van der Waals surface area (Å²) in [6.07, 6.45) is 6.43. The molecule has 0 aliphatic carbocycles. The van der Waals surface area contributed by atoms with Gasteiger partial charge in [-0.05, 0) is 37.5 Å². The lowest BCUT2D eigenvalue weighted by atomic mass is 9.93. The Balaban J connectivity index is 1.43. The zero-order valence-electron chi connectivity index (χ0n) is 16.0. The molecule has 0 radical (unpaired) electrons. The van der Waals surface area contributed by atoms with Crippen LogP contribution in [-0.4, -0.2) is 33.0 Å². The van der Waals surface area contributed by atoms with E-state index in [1.165, 1.54) is 11.1 Å². The van der Waals surface area contributed by atoms with Crippen LogP contribution in [0.4, 0.5) is 5.82 Å². The van der Waals surface area contributed by atoms with E-state index in [2.05, 4.69) is 27.0 Å². The van der Waals surface area contributed by atoms with E-state index in [4.69, 9.17) is 14.7 Å². The third-order valence-corrected chi connectivity index (χ3v) is 5.70. The van der Waals surface area contributed by atoms with Gasteiger partial charge in [-0.25, -0.2) is 19.9 Å². The minimum Gasteiger partial charge on any atom is -0.487 e. The number of nitrogens with zero attached hydrogens (tertiary/aromatic N) is 5. The molecule has 4 heterocycles. The average molecular weight is 373 g/mol. The molecule has 0 bridgehead atoms. The predicted octanol–water partition coefficient (Wildman–Crippen LogP) is 3.44. The van der Waals surface area contributed by atoms with Gasteiger partial charge in [0.2, 0.25) is 0 Å². The number of rotatable bonds is 2. The molecular weight excluding hydrogens is 350 g/mol. The van der Waals surface area contributed by atoms with E-state index < -0.39 is 0 Å². The van der Waals surface area contributed by atoms with Crippen LogP contribution >= 0.6 is 0 Å². The maximum atomic E-state index is 6.02. The van der Waals surface area contributed by atoms with Crippen LogP contribution in [0.2, 0.25) is 0 Å². The van der Waals surface area contributed by atoms with Gasteiger partial charge in [0.15, 0.2) is 0 Å². The molecule has 0 atom stereocenters. The fraction of sp³-hybridized carbons (Fsp3) is 0.364. The molecule has 2 aromatic heterocycles. The number of benzene rings is 1. The molecule has 1 fully saturated rings. The number of hydrogen-bond donors (Lipinski definition) is 0. The Hall–Kier alpha value is -3.02. The molecule has 6 nitrogen and oxygen atoms in total. The molecular formula is C22H23N5O. The van der Waals surface area contributed by atoms with Crippen molar-refractivity contribution in [2.75, 3.05) is 18.0 Å². The molecule has 142 valence electrons. The quantitative estimate of drug-likeness (QED) is 0.686. The Bertz CT molecular complexity index is 983. The van der Waals surface area contributed by atoms with Crippen LogP contribution in [0.25, 0.3) is 0 Å². The van der Waals surface area contributed by atoms with Crippen molar-refractivity contribution in [3.63, 3.8) is 0 Å². The number of hydrogen-bond acceptors (Lipinski definition) is 6. The van der Waals surface area contributed by atoms with Gasteiger partial charge < -0.3 is 9.64 Å². The smallest absolute Gasteiger partial charge is 0.136 e. The molecule has 2 aliphatic heterocycles. The molecule has 1 saturated heterocycles. The van der Waals surface area contributed by atoms with Crippen LogP contribution in [0.3, 0.4) is 0 Å². The number of para-hydroxylation sites is 1. The highest BCUT2D eigenvalue weighted by molar-refractivity contribution is 5.54. The highest BCUT2D eigenvalue weighted by atomic mass is 16.5. The van der Waals surface area contributed by atoms with Gasteiger partial charge in [0.1, 0.15) is 30.3 Å². The lowest BCUT2D eigenvalue weighted by Crippen LogP contribution is -2.35. The highest BCUT2D eigenvalue weighted by Crippen LogP contribution is 2.35. The zero-order chi connectivity index (χ0) is 18.9. The highest BCUT2D eigenvalue weighted by Gasteiger charge is 2.27. The summed E-state index contributed by atoms with van der Waals surface area (Å²) in [5.41, 5.74) is 4.56. The minimum atomic E-state index is 0.491. The topological polar surface area (TPSA) is 64.0 Å². The van der Waals surface area contributed by atoms with Crippen molar-refractivity contribution < 1.29 is 4.74 Å². The van der Waals surface area contributed by atoms with Crippen molar-refractivity contribution in [2.24, 2.45) is 0 Å². The molecule has 28 heavy (non-hydrogen) atoms. The summed E-state index contributed by atoms with van der Waals surface area (Å²) < 4.78 is 6.02. The number of ether oxygens (including phenoxy) is 1. The predicted molar refractivity (Wildman–Crippen MR) is 107 cm³/mol. The van der Waals surface area contributed by atoms with Crippen LogP contribution in [-0.2, 0) is 13.0 Å². The van der Waals surface area contributed by atoms with E-state index in [1.807, 2.05) is 31.3 Å². The first kappa shape index (κ1) is 17.1. The third-order valence-electron chi connectivity index (χ3n) is 5.70. The third kappa shape index (κ3) is 3.19. The minimum absolute atomic E-state index is 0.491. The molecule has 0 unspecified atom stereocenters. The first-order valence-corrected chi connectivity index (χ1v) is 9.86. The lowest BCUT2D eigenvalue weighted by molar-refractivity contribution is 0.301. The van der Waals surface area contributed by atoms with Gasteiger partial charge in [-0.2, -0.15) is 0 Å². The Labute approximate surface area is 164 Å². The molecule has 6 heteroatoms. The van der Waals surface area contributed by atoms with Gasteiger partial charge in [0, 0.05) is 42.9 Å². The van der Waals surface area contributed by atoms with E-state index in [9.17, 15) is 0 Å². The van der Waals surface area contributed by atoms with E-state index >= 15 is 0 Å². The average Bonchev–Trinajstić information content (AvgIpc) is 2.93. The van der Waals surface area contributed by atoms with Crippen molar-refractivity contribution >= 4 is 5.82 Å². The van der Waals surface area contributed by atoms with E-state index in [0.29, 0.717) is 12.5 Å². The second kappa shape index (κ2) is 7.19. The van der Waals surface area contributed by atoms with Crippen LogP contribution in [0.1, 0.15) is 47.1 Å². The zero-order valence-corrected chi connectivity index (χ0v) is 16.0. The number of piperidine rings is 1. The summed E-state index contributed by atoms with van der Waals surface area (Å²) in [5, 5.41) is 0. The maximum Gasteiger partial charge on any atom is 0.136 e. The van der Waals surface area contributed by atoms with Crippen molar-refractivity contribution in [3.8, 4) is 5.75 Å². The summed E-state index contributed by atoms with van der Waals surface area (Å²) in [6.45, 7) is 4.41. The van der Waals surface area contributed by atoms with Gasteiger partial charge in [0.25, 0.3) is 0 Å². The summed E-state index contributed by atoms with van der Waals surface area (Å²) in [5.74, 6) is 3.32. The number of aryl methyl sites for hydroxylation is 1. The molecule has 5 rings (SSSR count). The van der Waals surface area contributed by atoms with Gasteiger partial charge >= 0.3 is 0 Å². The first-order valence-electron chi connectivity index (χ1n) is 9.86. The Morgan fingerprint density at radius 2 is 1.93 bits per heavy atom. The molecule has 3 aromatic rings. The Kier molecular flexibility index (Phi) is 4.39. The van der Waals surface area contributed by atoms with Crippen molar-refractivity contribution in [1.29, 1.82) is 0 Å². The standard InChI is InChI=1S/C22H23N5O/c1-15-25-20-13-28-21-5-3-2-4-17(21)12-18(20)22(26-15)27-10-7-16(8-11-27)19-6-9-23-14-24-19/h2-6,9,14,16H,7-8,10-13H2,1H3. The summed E-state index contributed by atoms with van der Waals surface area (Å²) in [6, 6.07) is 10.3. The number of fused-ring (bicyclic) bond motifs is 2. The van der Waals surface area contributed by atoms with Gasteiger partial charge in [-0.15, -0.1) is 0 Å². The second-order valence-corrected chi connectivity index (χ2v) is 7.49. The van der Waals surface area contributed by atoms with Crippen LogP contribution < -0.4 is 9.64 Å². The first-order chi connectivity index (χ1) is 13.8. The molecule has 2 aliphatic rings. The molecule has 0 N–H and O–H groups in total. The van der Waals surface area contributed by atoms with Crippen LogP contribution in [0.5, 0.6) is 5.75 Å². The monoisotopic (exact) mass is 373 g/mol. The summed E-state index contributed by atoms with van der Waals surface area (Å²) in [4.78, 5) is 20.5. The SMILES string of the molecule is Cc1nc2c(c(N3CCC(c4ccncn4)CC3)n1)Cc1ccccc1OC2. The molecule has 0 spiro atoms. The lowest BCUT2D eigenvalue weighted by Gasteiger charge is -2.34. The van der Waals surface area contributed by atoms with Crippen LogP contribution in [0.15, 0.2) is 42.9 Å². The second-order valence-electron chi connectivity index (χ2n) is 7.49. The van der Waals surface area contributed by atoms with Crippen molar-refractivity contribution in [2.45, 2.75) is 38.7 Å². The number of aromatic nitrogens is 4. The van der Waals surface area contributed by atoms with Crippen LogP contribution in [0, 0.1) is 6.92 Å². The normalized spacial score (nSPS) is 16.7. The molecule has 1 aromatic carbocycles. The van der Waals surface area contributed by atoms with Gasteiger partial charge in [0.05, 0.1) is 5.69 Å². The Morgan fingerprint density at radius 3 is 2.75 bits per heavy atom. The van der Waals surface area contributed by atoms with Crippen molar-refractivity contribution in [3.05, 3.63) is 71.2 Å². The van der Waals surface area contributed by atoms with E-state index in [1.54, 1.807) is 6.33 Å². The summed E-state index contributed by atoms with van der Waals surface area (Å²) in [7, 11) is 0. The van der Waals surface area contributed by atoms with E-state index in [0.717, 1.165) is 61.1 Å². The summed E-state index contributed by atoms with van der Waals surface area (Å²) >= 11 is 0. The molecule has 0 amide bonds. The fourth-order valence-electron chi connectivity index (χ4n) is 4.26. The van der Waals surface area contributed by atoms with Crippen molar-refractivity contribution in [1.82, 2.24) is 19.9 Å². The van der Waals surface area contributed by atoms with Gasteiger partial charge in [-0.1, -0.05) is 18.2 Å². The van der Waals surface area contributed by atoms with E-state index in [-0.39, 0.29) is 0 Å².